The Kier molecular flexibility index (Phi) is 7.29. The quantitative estimate of drug-likeness (QED) is 0.400. The van der Waals surface area contributed by atoms with E-state index < -0.39 is 12.0 Å². The van der Waals surface area contributed by atoms with Gasteiger partial charge in [-0.2, -0.15) is 0 Å². The average molecular weight is 487 g/mol. The minimum atomic E-state index is -0.821. The molecule has 0 aliphatic carbocycles. The van der Waals surface area contributed by atoms with Crippen molar-refractivity contribution in [3.05, 3.63) is 69.8 Å². The van der Waals surface area contributed by atoms with Crippen molar-refractivity contribution >= 4 is 40.8 Å². The second-order valence-electron chi connectivity index (χ2n) is 7.82. The van der Waals surface area contributed by atoms with Crippen LogP contribution < -0.4 is 16.4 Å². The number of nitrogens with one attached hydrogen (secondary N) is 2. The lowest BCUT2D eigenvalue weighted by Gasteiger charge is -2.31. The maximum atomic E-state index is 11.2. The molecule has 0 spiro atoms. The van der Waals surface area contributed by atoms with Crippen molar-refractivity contribution in [3.8, 4) is 11.3 Å². The van der Waals surface area contributed by atoms with Crippen LogP contribution in [-0.2, 0) is 17.9 Å². The van der Waals surface area contributed by atoms with Crippen molar-refractivity contribution in [2.45, 2.75) is 19.1 Å². The van der Waals surface area contributed by atoms with Gasteiger partial charge in [-0.3, -0.25) is 9.69 Å². The van der Waals surface area contributed by atoms with E-state index in [0.717, 1.165) is 23.2 Å². The molecule has 2 aromatic carbocycles. The first-order valence-electron chi connectivity index (χ1n) is 10.5. The summed E-state index contributed by atoms with van der Waals surface area (Å²) >= 11 is 12.5. The fourth-order valence-corrected chi connectivity index (χ4v) is 4.23. The standard InChI is InChI=1S/C23H24Cl2N6O2/c24-17-2-1-3-18(25)16(17)10-29-22-21(26)28-11-19(30-22)15-6-4-14(5-7-15)12-31-9-8-27-20(13-31)23(32)33/h1-7,11,20,27H,8-10,12-13H2,(H2,26,28)(H,29,30)(H,32,33). The number of hydrogen-bond donors (Lipinski definition) is 4. The van der Waals surface area contributed by atoms with Crippen LogP contribution in [0.15, 0.2) is 48.7 Å². The van der Waals surface area contributed by atoms with Crippen LogP contribution in [0.4, 0.5) is 11.6 Å². The van der Waals surface area contributed by atoms with E-state index in [1.165, 1.54) is 0 Å². The Hall–Kier alpha value is -2.91. The predicted molar refractivity (Wildman–Crippen MR) is 130 cm³/mol. The molecular formula is C23H24Cl2N6O2. The molecule has 0 radical (unpaired) electrons. The van der Waals surface area contributed by atoms with E-state index in [0.29, 0.717) is 47.7 Å². The molecule has 1 aliphatic heterocycles. The second-order valence-corrected chi connectivity index (χ2v) is 8.63. The summed E-state index contributed by atoms with van der Waals surface area (Å²) < 4.78 is 0. The normalized spacial score (nSPS) is 16.5. The fourth-order valence-electron chi connectivity index (χ4n) is 3.70. The van der Waals surface area contributed by atoms with Crippen LogP contribution in [0.25, 0.3) is 11.3 Å². The Morgan fingerprint density at radius 2 is 1.94 bits per heavy atom. The van der Waals surface area contributed by atoms with Gasteiger partial charge in [0.05, 0.1) is 11.9 Å². The molecular weight excluding hydrogens is 463 g/mol. The smallest absolute Gasteiger partial charge is 0.322 e. The van der Waals surface area contributed by atoms with Gasteiger partial charge in [-0.15, -0.1) is 0 Å². The Morgan fingerprint density at radius 3 is 2.64 bits per heavy atom. The number of hydrogen-bond acceptors (Lipinski definition) is 7. The number of carbonyl (C=O) groups is 1. The number of carboxylic acid groups (broad SMARTS) is 1. The number of rotatable bonds is 7. The molecule has 2 heterocycles. The summed E-state index contributed by atoms with van der Waals surface area (Å²) in [5, 5.41) is 16.5. The molecule has 33 heavy (non-hydrogen) atoms. The lowest BCUT2D eigenvalue weighted by molar-refractivity contribution is -0.140. The van der Waals surface area contributed by atoms with Crippen LogP contribution in [0.2, 0.25) is 10.0 Å². The maximum Gasteiger partial charge on any atom is 0.322 e. The molecule has 1 saturated heterocycles. The number of nitrogen functional groups attached to an aromatic ring is 1. The van der Waals surface area contributed by atoms with Gasteiger partial charge in [0, 0.05) is 53.9 Å². The first-order chi connectivity index (χ1) is 15.9. The number of halogens is 2. The largest absolute Gasteiger partial charge is 0.480 e. The highest BCUT2D eigenvalue weighted by molar-refractivity contribution is 6.36. The lowest BCUT2D eigenvalue weighted by atomic mass is 10.1. The molecule has 0 bridgehead atoms. The topological polar surface area (TPSA) is 116 Å². The summed E-state index contributed by atoms with van der Waals surface area (Å²) in [6, 6.07) is 12.8. The van der Waals surface area contributed by atoms with E-state index in [1.807, 2.05) is 24.3 Å². The molecule has 1 unspecified atom stereocenters. The number of nitrogens with two attached hydrogens (primary N) is 1. The second kappa shape index (κ2) is 10.4. The number of aromatic nitrogens is 2. The first kappa shape index (κ1) is 23.3. The van der Waals surface area contributed by atoms with Gasteiger partial charge in [-0.05, 0) is 17.7 Å². The summed E-state index contributed by atoms with van der Waals surface area (Å²) in [4.78, 5) is 22.3. The zero-order valence-electron chi connectivity index (χ0n) is 17.8. The van der Waals surface area contributed by atoms with Gasteiger partial charge in [-0.25, -0.2) is 9.97 Å². The van der Waals surface area contributed by atoms with Crippen LogP contribution >= 0.6 is 23.2 Å². The zero-order chi connectivity index (χ0) is 23.4. The summed E-state index contributed by atoms with van der Waals surface area (Å²) in [6.07, 6.45) is 1.63. The molecule has 4 rings (SSSR count). The molecule has 172 valence electrons. The summed E-state index contributed by atoms with van der Waals surface area (Å²) in [5.74, 6) is -0.0866. The van der Waals surface area contributed by atoms with Crippen molar-refractivity contribution in [1.29, 1.82) is 0 Å². The van der Waals surface area contributed by atoms with E-state index in [2.05, 4.69) is 25.5 Å². The van der Waals surface area contributed by atoms with Crippen LogP contribution in [-0.4, -0.2) is 51.6 Å². The van der Waals surface area contributed by atoms with Crippen molar-refractivity contribution in [2.75, 3.05) is 30.7 Å². The van der Waals surface area contributed by atoms with Gasteiger partial charge >= 0.3 is 5.97 Å². The highest BCUT2D eigenvalue weighted by Gasteiger charge is 2.24. The van der Waals surface area contributed by atoms with Crippen LogP contribution in [0.3, 0.4) is 0 Å². The number of carboxylic acids is 1. The van der Waals surface area contributed by atoms with Crippen LogP contribution in [0.1, 0.15) is 11.1 Å². The average Bonchev–Trinajstić information content (AvgIpc) is 2.80. The monoisotopic (exact) mass is 486 g/mol. The van der Waals surface area contributed by atoms with E-state index in [4.69, 9.17) is 28.9 Å². The number of piperazine rings is 1. The zero-order valence-corrected chi connectivity index (χ0v) is 19.3. The molecule has 5 N–H and O–H groups in total. The van der Waals surface area contributed by atoms with Crippen molar-refractivity contribution in [2.24, 2.45) is 0 Å². The summed E-state index contributed by atoms with van der Waals surface area (Å²) in [6.45, 7) is 2.99. The van der Waals surface area contributed by atoms with Crippen molar-refractivity contribution in [1.82, 2.24) is 20.2 Å². The lowest BCUT2D eigenvalue weighted by Crippen LogP contribution is -2.53. The van der Waals surface area contributed by atoms with Crippen molar-refractivity contribution in [3.63, 3.8) is 0 Å². The SMILES string of the molecule is Nc1ncc(-c2ccc(CN3CCNC(C(=O)O)C3)cc2)nc1NCc1c(Cl)cccc1Cl. The van der Waals surface area contributed by atoms with Crippen molar-refractivity contribution < 1.29 is 9.90 Å². The number of aliphatic carboxylic acids is 1. The van der Waals surface area contributed by atoms with Gasteiger partial charge in [-0.1, -0.05) is 53.5 Å². The highest BCUT2D eigenvalue weighted by atomic mass is 35.5. The number of nitrogens with zero attached hydrogens (tertiary/aromatic N) is 3. The molecule has 0 amide bonds. The Morgan fingerprint density at radius 1 is 1.21 bits per heavy atom. The van der Waals surface area contributed by atoms with Gasteiger partial charge in [0.1, 0.15) is 6.04 Å². The number of benzene rings is 2. The third-order valence-electron chi connectivity index (χ3n) is 5.51. The maximum absolute atomic E-state index is 11.2. The minimum Gasteiger partial charge on any atom is -0.480 e. The third kappa shape index (κ3) is 5.72. The molecule has 0 saturated carbocycles. The Balaban J connectivity index is 1.44. The van der Waals surface area contributed by atoms with Gasteiger partial charge in [0.15, 0.2) is 11.6 Å². The summed E-state index contributed by atoms with van der Waals surface area (Å²) in [7, 11) is 0. The molecule has 1 aliphatic rings. The van der Waals surface area contributed by atoms with E-state index in [1.54, 1.807) is 24.4 Å². The van der Waals surface area contributed by atoms with E-state index in [-0.39, 0.29) is 5.82 Å². The van der Waals surface area contributed by atoms with E-state index >= 15 is 0 Å². The van der Waals surface area contributed by atoms with Gasteiger partial charge < -0.3 is 21.5 Å². The molecule has 1 atom stereocenters. The first-order valence-corrected chi connectivity index (χ1v) is 11.2. The molecule has 10 heteroatoms. The fraction of sp³-hybridized carbons (Fsp3) is 0.261. The molecule has 3 aromatic rings. The molecule has 1 aromatic heterocycles. The van der Waals surface area contributed by atoms with Crippen LogP contribution in [0, 0.1) is 0 Å². The summed E-state index contributed by atoms with van der Waals surface area (Å²) in [5.41, 5.74) is 9.44. The van der Waals surface area contributed by atoms with Gasteiger partial charge in [0.2, 0.25) is 0 Å². The Bertz CT molecular complexity index is 1120. The predicted octanol–water partition coefficient (Wildman–Crippen LogP) is 3.50. The molecule has 8 nitrogen and oxygen atoms in total. The minimum absolute atomic E-state index is 0.283. The van der Waals surface area contributed by atoms with E-state index in [9.17, 15) is 9.90 Å². The van der Waals surface area contributed by atoms with Gasteiger partial charge in [0.25, 0.3) is 0 Å². The molecule has 1 fully saturated rings. The number of anilines is 2. The van der Waals surface area contributed by atoms with Crippen LogP contribution in [0.5, 0.6) is 0 Å². The highest BCUT2D eigenvalue weighted by Crippen LogP contribution is 2.27. The Labute approximate surface area is 201 Å². The third-order valence-corrected chi connectivity index (χ3v) is 6.22.